The van der Waals surface area contributed by atoms with Gasteiger partial charge in [-0.1, -0.05) is 11.6 Å². The number of hydrogen-bond acceptors (Lipinski definition) is 2. The first-order valence-electron chi connectivity index (χ1n) is 3.19. The van der Waals surface area contributed by atoms with Crippen LogP contribution in [0.25, 0.3) is 11.0 Å². The summed E-state index contributed by atoms with van der Waals surface area (Å²) >= 11 is 5.76. The lowest BCUT2D eigenvalue weighted by Gasteiger charge is -1.95. The van der Waals surface area contributed by atoms with Crippen LogP contribution in [0.15, 0.2) is 28.9 Å². The number of nitrogen functional groups attached to an aromatic ring is 1. The summed E-state index contributed by atoms with van der Waals surface area (Å²) < 4.78 is 5.11. The van der Waals surface area contributed by atoms with Crippen LogP contribution in [0.3, 0.4) is 0 Å². The second-order valence-corrected chi connectivity index (χ2v) is 2.74. The van der Waals surface area contributed by atoms with Gasteiger partial charge in [-0.15, -0.1) is 0 Å². The van der Waals surface area contributed by atoms with Gasteiger partial charge in [0, 0.05) is 11.5 Å². The predicted octanol–water partition coefficient (Wildman–Crippen LogP) is 2.67. The first-order valence-corrected chi connectivity index (χ1v) is 3.57. The SMILES string of the molecule is Nc1cc2ccoc2cc1Cl. The van der Waals surface area contributed by atoms with Crippen LogP contribution in [0.5, 0.6) is 0 Å². The van der Waals surface area contributed by atoms with Crippen molar-refractivity contribution in [2.45, 2.75) is 0 Å². The number of hydrogen-bond donors (Lipinski definition) is 1. The fourth-order valence-electron chi connectivity index (χ4n) is 1.00. The van der Waals surface area contributed by atoms with Crippen LogP contribution in [0, 0.1) is 0 Å². The number of rotatable bonds is 0. The Morgan fingerprint density at radius 3 is 3.00 bits per heavy atom. The molecule has 11 heavy (non-hydrogen) atoms. The van der Waals surface area contributed by atoms with E-state index in [-0.39, 0.29) is 0 Å². The molecule has 0 amide bonds. The number of anilines is 1. The molecular weight excluding hydrogens is 162 g/mol. The normalized spacial score (nSPS) is 10.6. The Labute approximate surface area is 68.6 Å². The number of benzene rings is 1. The van der Waals surface area contributed by atoms with E-state index in [4.69, 9.17) is 21.8 Å². The molecule has 1 aromatic heterocycles. The van der Waals surface area contributed by atoms with Gasteiger partial charge in [0.25, 0.3) is 0 Å². The van der Waals surface area contributed by atoms with E-state index in [1.807, 2.05) is 6.07 Å². The minimum Gasteiger partial charge on any atom is -0.464 e. The first-order chi connectivity index (χ1) is 5.27. The smallest absolute Gasteiger partial charge is 0.135 e. The van der Waals surface area contributed by atoms with E-state index in [1.165, 1.54) is 0 Å². The molecular formula is C8H6ClNO. The molecule has 2 nitrogen and oxygen atoms in total. The fraction of sp³-hybridized carbons (Fsp3) is 0. The maximum atomic E-state index is 5.76. The molecule has 0 atom stereocenters. The highest BCUT2D eigenvalue weighted by atomic mass is 35.5. The molecule has 2 rings (SSSR count). The number of nitrogens with two attached hydrogens (primary N) is 1. The minimum absolute atomic E-state index is 0.535. The van der Waals surface area contributed by atoms with Crippen molar-refractivity contribution in [3.05, 3.63) is 29.5 Å². The highest BCUT2D eigenvalue weighted by Gasteiger charge is 2.00. The zero-order valence-electron chi connectivity index (χ0n) is 5.67. The Kier molecular flexibility index (Phi) is 1.29. The van der Waals surface area contributed by atoms with Crippen LogP contribution in [-0.4, -0.2) is 0 Å². The standard InChI is InChI=1S/C8H6ClNO/c9-6-4-8-5(1-2-11-8)3-7(6)10/h1-4H,10H2. The van der Waals surface area contributed by atoms with Crippen molar-refractivity contribution in [3.63, 3.8) is 0 Å². The van der Waals surface area contributed by atoms with E-state index in [9.17, 15) is 0 Å². The Balaban J connectivity index is 2.86. The summed E-state index contributed by atoms with van der Waals surface area (Å²) in [6, 6.07) is 5.36. The summed E-state index contributed by atoms with van der Waals surface area (Å²) in [6.45, 7) is 0. The third kappa shape index (κ3) is 0.955. The molecule has 1 aromatic carbocycles. The summed E-state index contributed by atoms with van der Waals surface area (Å²) in [6.07, 6.45) is 1.61. The molecule has 0 spiro atoms. The Morgan fingerprint density at radius 1 is 1.36 bits per heavy atom. The van der Waals surface area contributed by atoms with Gasteiger partial charge in [-0.25, -0.2) is 0 Å². The van der Waals surface area contributed by atoms with Gasteiger partial charge in [0.1, 0.15) is 5.58 Å². The summed E-state index contributed by atoms with van der Waals surface area (Å²) in [5.41, 5.74) is 6.92. The van der Waals surface area contributed by atoms with Crippen molar-refractivity contribution < 1.29 is 4.42 Å². The fourth-order valence-corrected chi connectivity index (χ4v) is 1.16. The van der Waals surface area contributed by atoms with E-state index in [2.05, 4.69) is 0 Å². The second kappa shape index (κ2) is 2.17. The molecule has 0 aliphatic heterocycles. The van der Waals surface area contributed by atoms with Crippen LogP contribution in [0.2, 0.25) is 5.02 Å². The Hall–Kier alpha value is -1.15. The average molecular weight is 168 g/mol. The Bertz CT molecular complexity index is 358. The lowest BCUT2D eigenvalue weighted by Crippen LogP contribution is -1.84. The van der Waals surface area contributed by atoms with Crippen LogP contribution >= 0.6 is 11.6 Å². The van der Waals surface area contributed by atoms with Crippen LogP contribution < -0.4 is 5.73 Å². The zero-order valence-corrected chi connectivity index (χ0v) is 6.43. The maximum absolute atomic E-state index is 5.76. The van der Waals surface area contributed by atoms with Crippen LogP contribution in [0.4, 0.5) is 5.69 Å². The molecule has 0 saturated carbocycles. The van der Waals surface area contributed by atoms with Crippen molar-refractivity contribution >= 4 is 28.3 Å². The molecule has 1 heterocycles. The van der Waals surface area contributed by atoms with Gasteiger partial charge >= 0.3 is 0 Å². The second-order valence-electron chi connectivity index (χ2n) is 2.33. The molecule has 2 N–H and O–H groups in total. The van der Waals surface area contributed by atoms with Crippen molar-refractivity contribution in [1.29, 1.82) is 0 Å². The lowest BCUT2D eigenvalue weighted by atomic mass is 10.2. The van der Waals surface area contributed by atoms with Gasteiger partial charge in [-0.3, -0.25) is 0 Å². The van der Waals surface area contributed by atoms with E-state index >= 15 is 0 Å². The topological polar surface area (TPSA) is 39.2 Å². The quantitative estimate of drug-likeness (QED) is 0.613. The van der Waals surface area contributed by atoms with Gasteiger partial charge in [0.2, 0.25) is 0 Å². The average Bonchev–Trinajstić information content (AvgIpc) is 2.36. The van der Waals surface area contributed by atoms with Crippen molar-refractivity contribution in [2.24, 2.45) is 0 Å². The van der Waals surface area contributed by atoms with E-state index < -0.39 is 0 Å². The van der Waals surface area contributed by atoms with Crippen LogP contribution in [-0.2, 0) is 0 Å². The minimum atomic E-state index is 0.535. The molecule has 0 bridgehead atoms. The van der Waals surface area contributed by atoms with Gasteiger partial charge in [-0.05, 0) is 12.1 Å². The summed E-state index contributed by atoms with van der Waals surface area (Å²) in [7, 11) is 0. The third-order valence-corrected chi connectivity index (χ3v) is 1.90. The van der Waals surface area contributed by atoms with Gasteiger partial charge in [0.15, 0.2) is 0 Å². The van der Waals surface area contributed by atoms with E-state index in [1.54, 1.807) is 18.4 Å². The maximum Gasteiger partial charge on any atom is 0.135 e. The first kappa shape index (κ1) is 6.55. The monoisotopic (exact) mass is 167 g/mol. The summed E-state index contributed by atoms with van der Waals surface area (Å²) in [5, 5.41) is 1.51. The van der Waals surface area contributed by atoms with Gasteiger partial charge in [0.05, 0.1) is 17.0 Å². The molecule has 2 aromatic rings. The molecule has 0 unspecified atom stereocenters. The van der Waals surface area contributed by atoms with Gasteiger partial charge in [-0.2, -0.15) is 0 Å². The molecule has 0 saturated heterocycles. The lowest BCUT2D eigenvalue weighted by molar-refractivity contribution is 0.616. The largest absolute Gasteiger partial charge is 0.464 e. The zero-order chi connectivity index (χ0) is 7.84. The predicted molar refractivity (Wildman–Crippen MR) is 45.6 cm³/mol. The highest BCUT2D eigenvalue weighted by Crippen LogP contribution is 2.25. The molecule has 3 heteroatoms. The Morgan fingerprint density at radius 2 is 2.18 bits per heavy atom. The molecule has 0 fully saturated rings. The van der Waals surface area contributed by atoms with Crippen molar-refractivity contribution in [2.75, 3.05) is 5.73 Å². The van der Waals surface area contributed by atoms with E-state index in [0.717, 1.165) is 11.0 Å². The number of fused-ring (bicyclic) bond motifs is 1. The van der Waals surface area contributed by atoms with Crippen LogP contribution in [0.1, 0.15) is 0 Å². The molecule has 0 aliphatic carbocycles. The number of furan rings is 1. The number of halogens is 1. The molecule has 56 valence electrons. The molecule has 0 radical (unpaired) electrons. The third-order valence-electron chi connectivity index (χ3n) is 1.57. The van der Waals surface area contributed by atoms with Crippen molar-refractivity contribution in [3.8, 4) is 0 Å². The van der Waals surface area contributed by atoms with Crippen molar-refractivity contribution in [1.82, 2.24) is 0 Å². The molecule has 0 aliphatic rings. The van der Waals surface area contributed by atoms with E-state index in [0.29, 0.717) is 10.7 Å². The van der Waals surface area contributed by atoms with Gasteiger partial charge < -0.3 is 10.2 Å². The summed E-state index contributed by atoms with van der Waals surface area (Å²) in [4.78, 5) is 0. The highest BCUT2D eigenvalue weighted by molar-refractivity contribution is 6.33. The summed E-state index contributed by atoms with van der Waals surface area (Å²) in [5.74, 6) is 0.